The minimum atomic E-state index is -3.56. The van der Waals surface area contributed by atoms with Gasteiger partial charge >= 0.3 is 0 Å². The maximum Gasteiger partial charge on any atom is 0.261 e. The summed E-state index contributed by atoms with van der Waals surface area (Å²) in [5.41, 5.74) is 2.11. The molecule has 0 spiro atoms. The number of sulfonamides is 1. The van der Waals surface area contributed by atoms with Crippen LogP contribution in [-0.4, -0.2) is 36.9 Å². The first-order valence-electron chi connectivity index (χ1n) is 8.65. The Hall–Kier alpha value is -2.19. The van der Waals surface area contributed by atoms with Crippen LogP contribution in [-0.2, 0) is 10.0 Å². The molecule has 0 bridgehead atoms. The number of hydrogen-bond acceptors (Lipinski definition) is 5. The number of nitrogens with zero attached hydrogens (tertiary/aromatic N) is 2. The van der Waals surface area contributed by atoms with Crippen molar-refractivity contribution in [3.63, 3.8) is 0 Å². The van der Waals surface area contributed by atoms with Crippen molar-refractivity contribution >= 4 is 21.6 Å². The molecule has 7 nitrogen and oxygen atoms in total. The summed E-state index contributed by atoms with van der Waals surface area (Å²) < 4.78 is 32.3. The maximum absolute atomic E-state index is 12.9. The third kappa shape index (κ3) is 3.52. The molecule has 8 heteroatoms. The number of benzene rings is 1. The van der Waals surface area contributed by atoms with Gasteiger partial charge in [0.25, 0.3) is 5.91 Å². The van der Waals surface area contributed by atoms with Crippen molar-refractivity contribution in [1.29, 1.82) is 0 Å². The fraction of sp³-hybridized carbons (Fsp3) is 0.444. The van der Waals surface area contributed by atoms with Crippen LogP contribution in [0.25, 0.3) is 0 Å². The van der Waals surface area contributed by atoms with Crippen LogP contribution >= 0.6 is 0 Å². The predicted molar refractivity (Wildman–Crippen MR) is 97.7 cm³/mol. The molecule has 1 aliphatic rings. The lowest BCUT2D eigenvalue weighted by Gasteiger charge is -2.26. The van der Waals surface area contributed by atoms with Crippen molar-refractivity contribution in [1.82, 2.24) is 9.46 Å². The van der Waals surface area contributed by atoms with Gasteiger partial charge in [0.15, 0.2) is 0 Å². The lowest BCUT2D eigenvalue weighted by Crippen LogP contribution is -2.35. The van der Waals surface area contributed by atoms with E-state index >= 15 is 0 Å². The van der Waals surface area contributed by atoms with E-state index in [1.807, 2.05) is 6.92 Å². The summed E-state index contributed by atoms with van der Waals surface area (Å²) in [5.74, 6) is 0.0617. The number of piperidine rings is 1. The van der Waals surface area contributed by atoms with Gasteiger partial charge in [-0.05, 0) is 51.3 Å². The molecule has 1 saturated heterocycles. The largest absolute Gasteiger partial charge is 0.361 e. The molecule has 3 rings (SSSR count). The highest BCUT2D eigenvalue weighted by Crippen LogP contribution is 2.26. The molecule has 1 aromatic carbocycles. The standard InChI is InChI=1S/C18H23N3O4S/c1-12-7-8-15(26(23,24)21-9-5-4-6-10-21)11-16(12)19-18(22)17-13(2)20-25-14(17)3/h7-8,11H,4-6,9-10H2,1-3H3,(H,19,22). The summed E-state index contributed by atoms with van der Waals surface area (Å²) >= 11 is 0. The molecule has 0 atom stereocenters. The molecular weight excluding hydrogens is 354 g/mol. The Labute approximate surface area is 153 Å². The molecule has 1 aliphatic heterocycles. The fourth-order valence-electron chi connectivity index (χ4n) is 3.14. The summed E-state index contributed by atoms with van der Waals surface area (Å²) in [7, 11) is -3.56. The second-order valence-corrected chi connectivity index (χ2v) is 8.53. The fourth-order valence-corrected chi connectivity index (χ4v) is 4.69. The van der Waals surface area contributed by atoms with Gasteiger partial charge in [-0.3, -0.25) is 4.79 Å². The predicted octanol–water partition coefficient (Wildman–Crippen LogP) is 3.03. The second kappa shape index (κ2) is 7.20. The number of aryl methyl sites for hydroxylation is 3. The molecular formula is C18H23N3O4S. The van der Waals surface area contributed by atoms with Gasteiger partial charge in [-0.25, -0.2) is 8.42 Å². The number of nitrogens with one attached hydrogen (secondary N) is 1. The van der Waals surface area contributed by atoms with Gasteiger partial charge in [0.2, 0.25) is 10.0 Å². The molecule has 1 N–H and O–H groups in total. The SMILES string of the molecule is Cc1ccc(S(=O)(=O)N2CCCCC2)cc1NC(=O)c1c(C)noc1C. The van der Waals surface area contributed by atoms with Crippen molar-refractivity contribution < 1.29 is 17.7 Å². The molecule has 1 fully saturated rings. The molecule has 140 valence electrons. The third-order valence-electron chi connectivity index (χ3n) is 4.67. The first-order valence-corrected chi connectivity index (χ1v) is 10.1. The molecule has 0 radical (unpaired) electrons. The average molecular weight is 377 g/mol. The molecule has 2 heterocycles. The summed E-state index contributed by atoms with van der Waals surface area (Å²) in [5, 5.41) is 6.57. The number of rotatable bonds is 4. The Morgan fingerprint density at radius 3 is 2.46 bits per heavy atom. The normalized spacial score (nSPS) is 15.8. The summed E-state index contributed by atoms with van der Waals surface area (Å²) in [6.45, 7) is 6.25. The number of anilines is 1. The van der Waals surface area contributed by atoms with E-state index in [1.165, 1.54) is 10.4 Å². The van der Waals surface area contributed by atoms with E-state index < -0.39 is 10.0 Å². The van der Waals surface area contributed by atoms with Gasteiger partial charge in [-0.1, -0.05) is 17.6 Å². The van der Waals surface area contributed by atoms with Gasteiger partial charge in [0.1, 0.15) is 11.3 Å². The van der Waals surface area contributed by atoms with E-state index in [-0.39, 0.29) is 10.8 Å². The molecule has 0 saturated carbocycles. The topological polar surface area (TPSA) is 92.5 Å². The quantitative estimate of drug-likeness (QED) is 0.884. The number of hydrogen-bond donors (Lipinski definition) is 1. The van der Waals surface area contributed by atoms with Crippen molar-refractivity contribution in [2.45, 2.75) is 44.9 Å². The lowest BCUT2D eigenvalue weighted by molar-refractivity contribution is 0.102. The zero-order chi connectivity index (χ0) is 18.9. The van der Waals surface area contributed by atoms with E-state index in [0.29, 0.717) is 35.8 Å². The molecule has 1 amide bonds. The van der Waals surface area contributed by atoms with Crippen molar-refractivity contribution in [2.75, 3.05) is 18.4 Å². The Morgan fingerprint density at radius 1 is 1.15 bits per heavy atom. The van der Waals surface area contributed by atoms with Crippen LogP contribution in [0.1, 0.15) is 46.6 Å². The van der Waals surface area contributed by atoms with Gasteiger partial charge in [0.05, 0.1) is 10.6 Å². The average Bonchev–Trinajstić information content (AvgIpc) is 2.96. The van der Waals surface area contributed by atoms with Crippen LogP contribution in [0, 0.1) is 20.8 Å². The molecule has 26 heavy (non-hydrogen) atoms. The zero-order valence-corrected chi connectivity index (χ0v) is 16.0. The third-order valence-corrected chi connectivity index (χ3v) is 6.57. The van der Waals surface area contributed by atoms with E-state index in [4.69, 9.17) is 4.52 Å². The van der Waals surface area contributed by atoms with Crippen molar-refractivity contribution in [2.24, 2.45) is 0 Å². The highest BCUT2D eigenvalue weighted by molar-refractivity contribution is 7.89. The highest BCUT2D eigenvalue weighted by Gasteiger charge is 2.27. The Balaban J connectivity index is 1.89. The van der Waals surface area contributed by atoms with Crippen LogP contribution in [0.3, 0.4) is 0 Å². The van der Waals surface area contributed by atoms with Crippen LogP contribution in [0.4, 0.5) is 5.69 Å². The van der Waals surface area contributed by atoms with Gasteiger partial charge in [-0.15, -0.1) is 0 Å². The number of carbonyl (C=O) groups excluding carboxylic acids is 1. The van der Waals surface area contributed by atoms with Crippen LogP contribution in [0.5, 0.6) is 0 Å². The highest BCUT2D eigenvalue weighted by atomic mass is 32.2. The van der Waals surface area contributed by atoms with Gasteiger partial charge < -0.3 is 9.84 Å². The molecule has 1 aromatic heterocycles. The second-order valence-electron chi connectivity index (χ2n) is 6.59. The van der Waals surface area contributed by atoms with Crippen LogP contribution < -0.4 is 5.32 Å². The monoisotopic (exact) mass is 377 g/mol. The number of aromatic nitrogens is 1. The summed E-state index contributed by atoms with van der Waals surface area (Å²) in [4.78, 5) is 12.8. The van der Waals surface area contributed by atoms with E-state index in [1.54, 1.807) is 26.0 Å². The Bertz CT molecular complexity index is 908. The van der Waals surface area contributed by atoms with Gasteiger partial charge in [-0.2, -0.15) is 4.31 Å². The maximum atomic E-state index is 12.9. The first kappa shape index (κ1) is 18.6. The van der Waals surface area contributed by atoms with Crippen LogP contribution in [0.15, 0.2) is 27.6 Å². The van der Waals surface area contributed by atoms with E-state index in [0.717, 1.165) is 24.8 Å². The Morgan fingerprint density at radius 2 is 1.85 bits per heavy atom. The molecule has 2 aromatic rings. The zero-order valence-electron chi connectivity index (χ0n) is 15.2. The minimum absolute atomic E-state index is 0.194. The first-order chi connectivity index (χ1) is 12.3. The molecule has 0 unspecified atom stereocenters. The smallest absolute Gasteiger partial charge is 0.261 e. The Kier molecular flexibility index (Phi) is 5.15. The number of amides is 1. The summed E-state index contributed by atoms with van der Waals surface area (Å²) in [6, 6.07) is 4.82. The van der Waals surface area contributed by atoms with E-state index in [9.17, 15) is 13.2 Å². The van der Waals surface area contributed by atoms with E-state index in [2.05, 4.69) is 10.5 Å². The van der Waals surface area contributed by atoms with Crippen molar-refractivity contribution in [3.05, 3.63) is 40.8 Å². The van der Waals surface area contributed by atoms with Crippen molar-refractivity contribution in [3.8, 4) is 0 Å². The minimum Gasteiger partial charge on any atom is -0.361 e. The lowest BCUT2D eigenvalue weighted by atomic mass is 10.1. The van der Waals surface area contributed by atoms with Gasteiger partial charge in [0, 0.05) is 18.8 Å². The van der Waals surface area contributed by atoms with Crippen LogP contribution in [0.2, 0.25) is 0 Å². The number of carbonyl (C=O) groups is 1. The summed E-state index contributed by atoms with van der Waals surface area (Å²) in [6.07, 6.45) is 2.81. The molecule has 0 aliphatic carbocycles.